The summed E-state index contributed by atoms with van der Waals surface area (Å²) in [7, 11) is 0. The largest absolute Gasteiger partial charge is 0.395 e. The van der Waals surface area contributed by atoms with E-state index in [1.165, 1.54) is 19.3 Å². The number of hydrogen-bond acceptors (Lipinski definition) is 3. The monoisotopic (exact) mass is 200 g/mol. The number of hydrogen-bond donors (Lipinski definition) is 2. The molecule has 0 radical (unpaired) electrons. The minimum Gasteiger partial charge on any atom is -0.395 e. The molecule has 1 rings (SSSR count). The number of unbranched alkanes of at least 4 members (excludes halogenated alkanes) is 2. The Bertz CT molecular complexity index is 152. The average molecular weight is 200 g/mol. The lowest BCUT2D eigenvalue weighted by molar-refractivity contribution is 0.0827. The van der Waals surface area contributed by atoms with E-state index in [0.29, 0.717) is 12.1 Å². The van der Waals surface area contributed by atoms with Crippen LogP contribution in [0.2, 0.25) is 0 Å². The molecule has 14 heavy (non-hydrogen) atoms. The molecule has 0 aromatic carbocycles. The molecule has 0 aromatic heterocycles. The third-order valence-corrected chi connectivity index (χ3v) is 2.99. The number of rotatable bonds is 5. The lowest BCUT2D eigenvalue weighted by atomic mass is 10.1. The second-order valence-corrected chi connectivity index (χ2v) is 4.35. The molecule has 0 aliphatic carbocycles. The number of nitrogens with zero attached hydrogens (tertiary/aromatic N) is 1. The van der Waals surface area contributed by atoms with Crippen LogP contribution < -0.4 is 5.32 Å². The molecular weight excluding hydrogens is 176 g/mol. The van der Waals surface area contributed by atoms with Gasteiger partial charge in [0.2, 0.25) is 0 Å². The first kappa shape index (κ1) is 12.0. The van der Waals surface area contributed by atoms with Crippen LogP contribution in [0.1, 0.15) is 33.1 Å². The fourth-order valence-corrected chi connectivity index (χ4v) is 2.05. The fourth-order valence-electron chi connectivity index (χ4n) is 2.05. The zero-order valence-corrected chi connectivity index (χ0v) is 9.50. The molecule has 0 bridgehead atoms. The van der Waals surface area contributed by atoms with E-state index in [-0.39, 0.29) is 6.61 Å². The van der Waals surface area contributed by atoms with Gasteiger partial charge in [-0.05, 0) is 19.9 Å². The molecular formula is C11H24N2O. The van der Waals surface area contributed by atoms with E-state index >= 15 is 0 Å². The van der Waals surface area contributed by atoms with Gasteiger partial charge < -0.3 is 10.4 Å². The van der Waals surface area contributed by atoms with Crippen molar-refractivity contribution in [2.45, 2.75) is 45.2 Å². The van der Waals surface area contributed by atoms with E-state index in [1.54, 1.807) is 0 Å². The summed E-state index contributed by atoms with van der Waals surface area (Å²) in [5.41, 5.74) is 0. The molecule has 2 atom stereocenters. The first-order chi connectivity index (χ1) is 6.77. The van der Waals surface area contributed by atoms with E-state index < -0.39 is 0 Å². The van der Waals surface area contributed by atoms with Gasteiger partial charge in [-0.2, -0.15) is 0 Å². The van der Waals surface area contributed by atoms with Gasteiger partial charge in [0.15, 0.2) is 0 Å². The number of nitrogens with one attached hydrogen (secondary N) is 1. The quantitative estimate of drug-likeness (QED) is 0.645. The molecule has 1 fully saturated rings. The van der Waals surface area contributed by atoms with Crippen molar-refractivity contribution in [3.8, 4) is 0 Å². The molecule has 1 aliphatic rings. The highest BCUT2D eigenvalue weighted by Crippen LogP contribution is 2.08. The normalized spacial score (nSPS) is 29.4. The maximum atomic E-state index is 9.22. The minimum absolute atomic E-state index is 0.284. The van der Waals surface area contributed by atoms with Gasteiger partial charge in [-0.25, -0.2) is 0 Å². The van der Waals surface area contributed by atoms with Crippen molar-refractivity contribution in [1.82, 2.24) is 10.2 Å². The Balaban J connectivity index is 2.29. The van der Waals surface area contributed by atoms with Crippen molar-refractivity contribution >= 4 is 0 Å². The lowest BCUT2D eigenvalue weighted by Crippen LogP contribution is -2.56. The van der Waals surface area contributed by atoms with Gasteiger partial charge in [0, 0.05) is 25.2 Å². The Morgan fingerprint density at radius 3 is 2.86 bits per heavy atom. The van der Waals surface area contributed by atoms with Gasteiger partial charge >= 0.3 is 0 Å². The highest BCUT2D eigenvalue weighted by molar-refractivity contribution is 4.83. The summed E-state index contributed by atoms with van der Waals surface area (Å²) in [6.07, 6.45) is 3.83. The van der Waals surface area contributed by atoms with Crippen LogP contribution in [0, 0.1) is 0 Å². The van der Waals surface area contributed by atoms with Crippen LogP contribution in [0.3, 0.4) is 0 Å². The summed E-state index contributed by atoms with van der Waals surface area (Å²) in [6.45, 7) is 7.87. The number of piperazine rings is 1. The van der Waals surface area contributed by atoms with Crippen molar-refractivity contribution in [3.63, 3.8) is 0 Å². The molecule has 1 saturated heterocycles. The maximum Gasteiger partial charge on any atom is 0.0599 e. The van der Waals surface area contributed by atoms with Crippen LogP contribution in [0.4, 0.5) is 0 Å². The standard InChI is InChI=1S/C11H24N2O/c1-3-4-5-6-13-8-10(2)12-7-11(13)9-14/h10-12,14H,3-9H2,1-2H3. The highest BCUT2D eigenvalue weighted by atomic mass is 16.3. The Morgan fingerprint density at radius 2 is 2.21 bits per heavy atom. The van der Waals surface area contributed by atoms with Crippen LogP contribution in [-0.4, -0.2) is 48.3 Å². The minimum atomic E-state index is 0.284. The predicted molar refractivity (Wildman–Crippen MR) is 59.4 cm³/mol. The first-order valence-electron chi connectivity index (χ1n) is 5.86. The van der Waals surface area contributed by atoms with Crippen molar-refractivity contribution in [1.29, 1.82) is 0 Å². The van der Waals surface area contributed by atoms with E-state index in [9.17, 15) is 5.11 Å². The molecule has 1 aliphatic heterocycles. The Morgan fingerprint density at radius 1 is 1.43 bits per heavy atom. The van der Waals surface area contributed by atoms with Crippen molar-refractivity contribution in [3.05, 3.63) is 0 Å². The van der Waals surface area contributed by atoms with E-state index in [4.69, 9.17) is 0 Å². The van der Waals surface area contributed by atoms with Gasteiger partial charge in [0.1, 0.15) is 0 Å². The SMILES string of the molecule is CCCCCN1CC(C)NCC1CO. The summed E-state index contributed by atoms with van der Waals surface area (Å²) >= 11 is 0. The van der Waals surface area contributed by atoms with Gasteiger partial charge in [0.05, 0.1) is 6.61 Å². The third kappa shape index (κ3) is 3.56. The van der Waals surface area contributed by atoms with Gasteiger partial charge in [-0.3, -0.25) is 4.90 Å². The van der Waals surface area contributed by atoms with Gasteiger partial charge in [-0.1, -0.05) is 19.8 Å². The molecule has 3 heteroatoms. The van der Waals surface area contributed by atoms with Crippen molar-refractivity contribution < 1.29 is 5.11 Å². The topological polar surface area (TPSA) is 35.5 Å². The molecule has 84 valence electrons. The van der Waals surface area contributed by atoms with Crippen molar-refractivity contribution in [2.24, 2.45) is 0 Å². The molecule has 1 heterocycles. The Labute approximate surface area is 87.5 Å². The first-order valence-corrected chi connectivity index (χ1v) is 5.86. The summed E-state index contributed by atoms with van der Waals surface area (Å²) in [5, 5.41) is 12.6. The Hall–Kier alpha value is -0.120. The average Bonchev–Trinajstić information content (AvgIpc) is 2.19. The van der Waals surface area contributed by atoms with E-state index in [1.807, 2.05) is 0 Å². The predicted octanol–water partition coefficient (Wildman–Crippen LogP) is 0.831. The fraction of sp³-hybridized carbons (Fsp3) is 1.00. The molecule has 0 spiro atoms. The number of aliphatic hydroxyl groups excluding tert-OH is 1. The van der Waals surface area contributed by atoms with Gasteiger partial charge in [0.25, 0.3) is 0 Å². The smallest absolute Gasteiger partial charge is 0.0599 e. The molecule has 2 N–H and O–H groups in total. The van der Waals surface area contributed by atoms with E-state index in [2.05, 4.69) is 24.1 Å². The molecule has 3 nitrogen and oxygen atoms in total. The van der Waals surface area contributed by atoms with Crippen LogP contribution in [0.25, 0.3) is 0 Å². The Kier molecular flexibility index (Phi) is 5.45. The van der Waals surface area contributed by atoms with Gasteiger partial charge in [-0.15, -0.1) is 0 Å². The lowest BCUT2D eigenvalue weighted by Gasteiger charge is -2.38. The number of aliphatic hydroxyl groups is 1. The maximum absolute atomic E-state index is 9.22. The third-order valence-electron chi connectivity index (χ3n) is 2.99. The van der Waals surface area contributed by atoms with Crippen molar-refractivity contribution in [2.75, 3.05) is 26.2 Å². The molecule has 0 amide bonds. The van der Waals surface area contributed by atoms with Crippen LogP contribution >= 0.6 is 0 Å². The molecule has 2 unspecified atom stereocenters. The molecule has 0 aromatic rings. The summed E-state index contributed by atoms with van der Waals surface area (Å²) in [5.74, 6) is 0. The second kappa shape index (κ2) is 6.38. The van der Waals surface area contributed by atoms with E-state index in [0.717, 1.165) is 19.6 Å². The second-order valence-electron chi connectivity index (χ2n) is 4.35. The van der Waals surface area contributed by atoms with Crippen LogP contribution in [-0.2, 0) is 0 Å². The highest BCUT2D eigenvalue weighted by Gasteiger charge is 2.24. The summed E-state index contributed by atoms with van der Waals surface area (Å²) < 4.78 is 0. The zero-order chi connectivity index (χ0) is 10.4. The summed E-state index contributed by atoms with van der Waals surface area (Å²) in [4.78, 5) is 2.43. The van der Waals surface area contributed by atoms with Crippen LogP contribution in [0.5, 0.6) is 0 Å². The summed E-state index contributed by atoms with van der Waals surface area (Å²) in [6, 6.07) is 0.905. The zero-order valence-electron chi connectivity index (χ0n) is 9.50. The molecule has 0 saturated carbocycles. The van der Waals surface area contributed by atoms with Crippen LogP contribution in [0.15, 0.2) is 0 Å².